The molecule has 5 nitrogen and oxygen atoms in total. The van der Waals surface area contributed by atoms with Gasteiger partial charge in [0.2, 0.25) is 0 Å². The van der Waals surface area contributed by atoms with E-state index in [0.717, 1.165) is 15.9 Å². The highest BCUT2D eigenvalue weighted by Gasteiger charge is 2.11. The monoisotopic (exact) mass is 293 g/mol. The summed E-state index contributed by atoms with van der Waals surface area (Å²) in [5, 5.41) is 11.7. The first-order valence-electron chi connectivity index (χ1n) is 5.04. The summed E-state index contributed by atoms with van der Waals surface area (Å²) >= 11 is 3.47. The van der Waals surface area contributed by atoms with Gasteiger partial charge in [0.15, 0.2) is 5.82 Å². The molecule has 0 aliphatic carbocycles. The number of aromatic nitrogens is 3. The second-order valence-corrected chi connectivity index (χ2v) is 4.48. The number of hydrogen-bond acceptors (Lipinski definition) is 3. The molecular weight excluding hydrogens is 282 g/mol. The molecular formula is C11H12BrN5. The third-order valence-electron chi connectivity index (χ3n) is 2.43. The minimum absolute atomic E-state index is 0.0487. The van der Waals surface area contributed by atoms with Crippen LogP contribution in [0.4, 0.5) is 0 Å². The summed E-state index contributed by atoms with van der Waals surface area (Å²) in [5.74, 6) is 0.608. The summed E-state index contributed by atoms with van der Waals surface area (Å²) in [4.78, 5) is 4.29. The number of amidine groups is 1. The maximum absolute atomic E-state index is 7.37. The van der Waals surface area contributed by atoms with Crippen LogP contribution >= 0.6 is 15.9 Å². The summed E-state index contributed by atoms with van der Waals surface area (Å²) in [6, 6.07) is 5.34. The van der Waals surface area contributed by atoms with Crippen LogP contribution in [0.25, 0.3) is 5.82 Å². The summed E-state index contributed by atoms with van der Waals surface area (Å²) in [6.07, 6.45) is 0. The van der Waals surface area contributed by atoms with Crippen molar-refractivity contribution >= 4 is 21.8 Å². The predicted octanol–water partition coefficient (Wildman–Crippen LogP) is 1.93. The standard InChI is InChI=1S/C11H12BrN5/c1-6-10(12)7(2)17(16-6)9-5-3-4-8(15-9)11(13)14/h3-5H,1-2H3,(H3,13,14). The van der Waals surface area contributed by atoms with Crippen molar-refractivity contribution < 1.29 is 0 Å². The van der Waals surface area contributed by atoms with Gasteiger partial charge in [0.25, 0.3) is 0 Å². The van der Waals surface area contributed by atoms with E-state index in [9.17, 15) is 0 Å². The molecule has 0 spiro atoms. The molecule has 0 saturated heterocycles. The highest BCUT2D eigenvalue weighted by Crippen LogP contribution is 2.22. The fraction of sp³-hybridized carbons (Fsp3) is 0.182. The first kappa shape index (κ1) is 11.8. The molecule has 88 valence electrons. The lowest BCUT2D eigenvalue weighted by atomic mass is 10.3. The van der Waals surface area contributed by atoms with Crippen molar-refractivity contribution in [1.29, 1.82) is 5.41 Å². The zero-order chi connectivity index (χ0) is 12.6. The van der Waals surface area contributed by atoms with Gasteiger partial charge in [-0.05, 0) is 41.9 Å². The molecule has 0 aliphatic heterocycles. The van der Waals surface area contributed by atoms with E-state index in [1.807, 2.05) is 26.0 Å². The number of nitrogen functional groups attached to an aromatic ring is 1. The normalized spacial score (nSPS) is 10.5. The lowest BCUT2D eigenvalue weighted by Crippen LogP contribution is -2.14. The van der Waals surface area contributed by atoms with Gasteiger partial charge < -0.3 is 5.73 Å². The third-order valence-corrected chi connectivity index (χ3v) is 3.58. The van der Waals surface area contributed by atoms with Crippen molar-refractivity contribution in [1.82, 2.24) is 14.8 Å². The van der Waals surface area contributed by atoms with Crippen LogP contribution < -0.4 is 5.73 Å². The fourth-order valence-electron chi connectivity index (χ4n) is 1.54. The van der Waals surface area contributed by atoms with Crippen LogP contribution in [-0.4, -0.2) is 20.6 Å². The molecule has 0 radical (unpaired) electrons. The molecule has 0 fully saturated rings. The number of pyridine rings is 1. The number of aryl methyl sites for hydroxylation is 1. The van der Waals surface area contributed by atoms with Gasteiger partial charge in [-0.3, -0.25) is 5.41 Å². The molecule has 0 saturated carbocycles. The highest BCUT2D eigenvalue weighted by molar-refractivity contribution is 9.10. The molecule has 6 heteroatoms. The minimum atomic E-state index is -0.0487. The zero-order valence-electron chi connectivity index (χ0n) is 9.53. The lowest BCUT2D eigenvalue weighted by molar-refractivity contribution is 0.804. The van der Waals surface area contributed by atoms with E-state index < -0.39 is 0 Å². The number of hydrogen-bond donors (Lipinski definition) is 2. The van der Waals surface area contributed by atoms with Gasteiger partial charge in [-0.15, -0.1) is 0 Å². The Balaban J connectivity index is 2.56. The van der Waals surface area contributed by atoms with Gasteiger partial charge in [-0.1, -0.05) is 6.07 Å². The Kier molecular flexibility index (Phi) is 2.97. The Morgan fingerprint density at radius 3 is 2.65 bits per heavy atom. The Hall–Kier alpha value is -1.69. The quantitative estimate of drug-likeness (QED) is 0.656. The fourth-order valence-corrected chi connectivity index (χ4v) is 1.79. The van der Waals surface area contributed by atoms with E-state index in [4.69, 9.17) is 11.1 Å². The second-order valence-electron chi connectivity index (χ2n) is 3.69. The van der Waals surface area contributed by atoms with E-state index in [-0.39, 0.29) is 5.84 Å². The Morgan fingerprint density at radius 2 is 2.12 bits per heavy atom. The topological polar surface area (TPSA) is 80.6 Å². The first-order chi connectivity index (χ1) is 8.00. The first-order valence-corrected chi connectivity index (χ1v) is 5.83. The van der Waals surface area contributed by atoms with Gasteiger partial charge >= 0.3 is 0 Å². The summed E-state index contributed by atoms with van der Waals surface area (Å²) in [5.41, 5.74) is 7.73. The Bertz CT molecular complexity index is 588. The van der Waals surface area contributed by atoms with Crippen molar-refractivity contribution in [2.24, 2.45) is 5.73 Å². The number of halogens is 1. The molecule has 0 bridgehead atoms. The maximum atomic E-state index is 7.37. The van der Waals surface area contributed by atoms with E-state index >= 15 is 0 Å². The van der Waals surface area contributed by atoms with Crippen LogP contribution in [0.15, 0.2) is 22.7 Å². The number of nitrogens with one attached hydrogen (secondary N) is 1. The molecule has 0 unspecified atom stereocenters. The van der Waals surface area contributed by atoms with Crippen molar-refractivity contribution in [3.05, 3.63) is 39.8 Å². The maximum Gasteiger partial charge on any atom is 0.154 e. The van der Waals surface area contributed by atoms with Gasteiger partial charge in [0.1, 0.15) is 11.5 Å². The lowest BCUT2D eigenvalue weighted by Gasteiger charge is -2.05. The van der Waals surface area contributed by atoms with Crippen LogP contribution in [0.2, 0.25) is 0 Å². The molecule has 2 aromatic heterocycles. The Morgan fingerprint density at radius 1 is 1.41 bits per heavy atom. The van der Waals surface area contributed by atoms with Crippen LogP contribution in [0.5, 0.6) is 0 Å². The molecule has 0 atom stereocenters. The zero-order valence-corrected chi connectivity index (χ0v) is 11.1. The predicted molar refractivity (Wildman–Crippen MR) is 69.5 cm³/mol. The van der Waals surface area contributed by atoms with E-state index in [1.54, 1.807) is 10.7 Å². The summed E-state index contributed by atoms with van der Waals surface area (Å²) in [6.45, 7) is 3.87. The highest BCUT2D eigenvalue weighted by atomic mass is 79.9. The third kappa shape index (κ3) is 2.08. The van der Waals surface area contributed by atoms with Crippen molar-refractivity contribution in [3.8, 4) is 5.82 Å². The van der Waals surface area contributed by atoms with Gasteiger partial charge in [-0.25, -0.2) is 9.67 Å². The SMILES string of the molecule is Cc1nn(-c2cccc(C(=N)N)n2)c(C)c1Br. The summed E-state index contributed by atoms with van der Waals surface area (Å²) in [7, 11) is 0. The number of nitrogens with zero attached hydrogens (tertiary/aromatic N) is 3. The molecule has 17 heavy (non-hydrogen) atoms. The van der Waals surface area contributed by atoms with Crippen molar-refractivity contribution in [2.45, 2.75) is 13.8 Å². The van der Waals surface area contributed by atoms with Crippen LogP contribution in [0.1, 0.15) is 17.1 Å². The number of nitrogens with two attached hydrogens (primary N) is 1. The van der Waals surface area contributed by atoms with Crippen molar-refractivity contribution in [3.63, 3.8) is 0 Å². The van der Waals surface area contributed by atoms with E-state index in [1.165, 1.54) is 0 Å². The molecule has 0 amide bonds. The van der Waals surface area contributed by atoms with Gasteiger partial charge in [0.05, 0.1) is 15.9 Å². The van der Waals surface area contributed by atoms with E-state index in [2.05, 4.69) is 26.0 Å². The van der Waals surface area contributed by atoms with Crippen LogP contribution in [0, 0.1) is 19.3 Å². The smallest absolute Gasteiger partial charge is 0.154 e. The van der Waals surface area contributed by atoms with Gasteiger partial charge in [0, 0.05) is 0 Å². The van der Waals surface area contributed by atoms with Crippen LogP contribution in [-0.2, 0) is 0 Å². The molecule has 2 rings (SSSR count). The van der Waals surface area contributed by atoms with Gasteiger partial charge in [-0.2, -0.15) is 5.10 Å². The summed E-state index contributed by atoms with van der Waals surface area (Å²) < 4.78 is 2.69. The molecule has 0 aliphatic rings. The molecule has 2 aromatic rings. The average Bonchev–Trinajstić information content (AvgIpc) is 2.57. The Labute approximate surface area is 107 Å². The largest absolute Gasteiger partial charge is 0.382 e. The molecule has 0 aromatic carbocycles. The van der Waals surface area contributed by atoms with Crippen LogP contribution in [0.3, 0.4) is 0 Å². The molecule has 3 N–H and O–H groups in total. The number of rotatable bonds is 2. The average molecular weight is 294 g/mol. The minimum Gasteiger partial charge on any atom is -0.382 e. The second kappa shape index (κ2) is 4.29. The molecule has 2 heterocycles. The van der Waals surface area contributed by atoms with E-state index in [0.29, 0.717) is 11.5 Å². The van der Waals surface area contributed by atoms with Crippen molar-refractivity contribution in [2.75, 3.05) is 0 Å².